The summed E-state index contributed by atoms with van der Waals surface area (Å²) in [5.74, 6) is -0.822. The molecule has 0 aliphatic rings. The highest BCUT2D eigenvalue weighted by molar-refractivity contribution is 6.00. The van der Waals surface area contributed by atoms with E-state index in [1.54, 1.807) is 18.2 Å². The van der Waals surface area contributed by atoms with Crippen LogP contribution >= 0.6 is 0 Å². The Labute approximate surface area is 171 Å². The van der Waals surface area contributed by atoms with Crippen molar-refractivity contribution in [2.75, 3.05) is 6.67 Å². The first-order valence-corrected chi connectivity index (χ1v) is 9.69. The number of rotatable bonds is 8. The largest absolute Gasteiger partial charge is 0.309 e. The molecule has 0 aliphatic carbocycles. The molecule has 0 saturated heterocycles. The van der Waals surface area contributed by atoms with E-state index in [4.69, 9.17) is 0 Å². The van der Waals surface area contributed by atoms with Crippen molar-refractivity contribution >= 4 is 11.6 Å². The summed E-state index contributed by atoms with van der Waals surface area (Å²) in [6.45, 7) is 8.67. The second-order valence-electron chi connectivity index (χ2n) is 9.03. The maximum absolute atomic E-state index is 14.4. The van der Waals surface area contributed by atoms with Gasteiger partial charge in [0.2, 0.25) is 0 Å². The topological polar surface area (TPSA) is 46.2 Å². The first-order valence-electron chi connectivity index (χ1n) is 9.69. The number of benzene rings is 2. The summed E-state index contributed by atoms with van der Waals surface area (Å²) >= 11 is 0. The van der Waals surface area contributed by atoms with Crippen molar-refractivity contribution in [2.24, 2.45) is 10.8 Å². The van der Waals surface area contributed by atoms with Gasteiger partial charge in [0.05, 0.1) is 5.41 Å². The predicted octanol–water partition coefficient (Wildman–Crippen LogP) is 5.52. The van der Waals surface area contributed by atoms with Crippen molar-refractivity contribution in [1.82, 2.24) is 5.32 Å². The minimum Gasteiger partial charge on any atom is -0.309 e. The molecule has 2 aromatic carbocycles. The average Bonchev–Trinajstić information content (AvgIpc) is 2.67. The Balaban J connectivity index is 1.97. The summed E-state index contributed by atoms with van der Waals surface area (Å²) in [4.78, 5) is 24.5. The molecule has 0 unspecified atom stereocenters. The molecule has 5 heteroatoms. The van der Waals surface area contributed by atoms with Crippen LogP contribution in [0.15, 0.2) is 42.5 Å². The number of Topliss-reactive ketones (excluding diaryl/α,β-unsaturated/α-hetero) is 2. The van der Waals surface area contributed by atoms with E-state index in [1.807, 2.05) is 32.9 Å². The quantitative estimate of drug-likeness (QED) is 0.592. The second-order valence-corrected chi connectivity index (χ2v) is 9.03. The van der Waals surface area contributed by atoms with Gasteiger partial charge >= 0.3 is 0 Å². The number of ketones is 2. The van der Waals surface area contributed by atoms with Crippen LogP contribution in [0.25, 0.3) is 0 Å². The predicted molar refractivity (Wildman–Crippen MR) is 111 cm³/mol. The second kappa shape index (κ2) is 8.95. The van der Waals surface area contributed by atoms with Crippen LogP contribution in [0.1, 0.15) is 66.5 Å². The van der Waals surface area contributed by atoms with E-state index in [9.17, 15) is 18.4 Å². The van der Waals surface area contributed by atoms with Crippen molar-refractivity contribution in [3.05, 3.63) is 70.5 Å². The Morgan fingerprint density at radius 2 is 1.45 bits per heavy atom. The van der Waals surface area contributed by atoms with Crippen molar-refractivity contribution < 1.29 is 18.4 Å². The van der Waals surface area contributed by atoms with Gasteiger partial charge in [-0.25, -0.2) is 4.39 Å². The summed E-state index contributed by atoms with van der Waals surface area (Å²) < 4.78 is 27.4. The maximum atomic E-state index is 14.4. The Hall–Kier alpha value is -2.40. The Kier molecular flexibility index (Phi) is 7.06. The molecular formula is C24H29F2NO2. The molecule has 0 aliphatic heterocycles. The van der Waals surface area contributed by atoms with E-state index in [2.05, 4.69) is 5.32 Å². The molecule has 2 aromatic rings. The summed E-state index contributed by atoms with van der Waals surface area (Å²) in [5, 5.41) is 3.16. The fourth-order valence-electron chi connectivity index (χ4n) is 2.83. The van der Waals surface area contributed by atoms with Crippen molar-refractivity contribution in [1.29, 1.82) is 0 Å². The molecule has 0 heterocycles. The fourth-order valence-corrected chi connectivity index (χ4v) is 2.83. The number of halogens is 2. The number of carbonyl (C=O) groups is 2. The van der Waals surface area contributed by atoms with Crippen molar-refractivity contribution in [2.45, 2.75) is 47.7 Å². The highest BCUT2D eigenvalue weighted by Crippen LogP contribution is 2.24. The Morgan fingerprint density at radius 1 is 0.862 bits per heavy atom. The number of nitrogens with one attached hydrogen (secondary N) is 1. The fraction of sp³-hybridized carbons (Fsp3) is 0.417. The zero-order chi connectivity index (χ0) is 21.8. The van der Waals surface area contributed by atoms with Gasteiger partial charge in [0, 0.05) is 35.2 Å². The lowest BCUT2D eigenvalue weighted by atomic mass is 9.85. The lowest BCUT2D eigenvalue weighted by molar-refractivity contribution is 0.0799. The van der Waals surface area contributed by atoms with Gasteiger partial charge in [0.15, 0.2) is 11.6 Å². The van der Waals surface area contributed by atoms with Crippen LogP contribution in [-0.4, -0.2) is 18.2 Å². The molecule has 0 fully saturated rings. The van der Waals surface area contributed by atoms with Crippen LogP contribution < -0.4 is 5.32 Å². The van der Waals surface area contributed by atoms with Gasteiger partial charge in [0.25, 0.3) is 0 Å². The molecule has 2 rings (SSSR count). The average molecular weight is 401 g/mol. The first-order chi connectivity index (χ1) is 13.5. The minimum absolute atomic E-state index is 0.0876. The lowest BCUT2D eigenvalue weighted by Crippen LogP contribution is -2.26. The highest BCUT2D eigenvalue weighted by atomic mass is 19.1. The molecule has 0 bridgehead atoms. The van der Waals surface area contributed by atoms with Gasteiger partial charge in [0.1, 0.15) is 12.5 Å². The molecule has 0 atom stereocenters. The van der Waals surface area contributed by atoms with E-state index in [1.165, 1.54) is 26.0 Å². The van der Waals surface area contributed by atoms with Gasteiger partial charge < -0.3 is 5.32 Å². The van der Waals surface area contributed by atoms with Gasteiger partial charge in [-0.2, -0.15) is 0 Å². The number of carbonyl (C=O) groups excluding carboxylic acids is 2. The van der Waals surface area contributed by atoms with Crippen LogP contribution in [0, 0.1) is 16.6 Å². The molecule has 0 amide bonds. The van der Waals surface area contributed by atoms with Gasteiger partial charge in [-0.15, -0.1) is 0 Å². The number of hydrogen-bond donors (Lipinski definition) is 1. The molecule has 156 valence electrons. The molecule has 0 aromatic heterocycles. The molecule has 0 saturated carbocycles. The zero-order valence-corrected chi connectivity index (χ0v) is 17.7. The van der Waals surface area contributed by atoms with Crippen molar-refractivity contribution in [3.8, 4) is 0 Å². The standard InChI is InChI=1S/C24H29F2NO2/c1-23(2,3)21(28)17-8-6-16(7-9-17)13-27-14-19-11-10-18(12-20(19)26)22(29)24(4,5)15-25/h6-12,27H,13-15H2,1-5H3. The normalized spacial score (nSPS) is 12.1. The summed E-state index contributed by atoms with van der Waals surface area (Å²) in [6.07, 6.45) is 0. The van der Waals surface area contributed by atoms with Crippen LogP contribution in [0.4, 0.5) is 8.78 Å². The van der Waals surface area contributed by atoms with Crippen LogP contribution in [0.2, 0.25) is 0 Å². The van der Waals surface area contributed by atoms with Crippen LogP contribution in [-0.2, 0) is 13.1 Å². The SMILES string of the molecule is CC(C)(C)C(=O)c1ccc(CNCc2ccc(C(=O)C(C)(C)CF)cc2F)cc1. The molecule has 3 nitrogen and oxygen atoms in total. The number of alkyl halides is 1. The summed E-state index contributed by atoms with van der Waals surface area (Å²) in [6, 6.07) is 11.6. The van der Waals surface area contributed by atoms with E-state index < -0.39 is 29.1 Å². The Bertz CT molecular complexity index is 881. The summed E-state index contributed by atoms with van der Waals surface area (Å²) in [5.41, 5.74) is 0.667. The van der Waals surface area contributed by atoms with E-state index in [-0.39, 0.29) is 17.9 Å². The monoisotopic (exact) mass is 401 g/mol. The molecule has 1 N–H and O–H groups in total. The first kappa shape index (κ1) is 22.9. The van der Waals surface area contributed by atoms with E-state index in [0.717, 1.165) is 5.56 Å². The third-order valence-electron chi connectivity index (χ3n) is 4.81. The third-order valence-corrected chi connectivity index (χ3v) is 4.81. The zero-order valence-electron chi connectivity index (χ0n) is 17.7. The third kappa shape index (κ3) is 5.80. The minimum atomic E-state index is -1.16. The van der Waals surface area contributed by atoms with Gasteiger partial charge in [-0.05, 0) is 11.6 Å². The molecule has 0 radical (unpaired) electrons. The highest BCUT2D eigenvalue weighted by Gasteiger charge is 2.29. The number of hydrogen-bond acceptors (Lipinski definition) is 3. The van der Waals surface area contributed by atoms with Crippen LogP contribution in [0.3, 0.4) is 0 Å². The lowest BCUT2D eigenvalue weighted by Gasteiger charge is -2.19. The molecular weight excluding hydrogens is 372 g/mol. The molecule has 29 heavy (non-hydrogen) atoms. The van der Waals surface area contributed by atoms with Gasteiger partial charge in [-0.3, -0.25) is 14.0 Å². The Morgan fingerprint density at radius 3 is 1.97 bits per heavy atom. The smallest absolute Gasteiger partial charge is 0.171 e. The van der Waals surface area contributed by atoms with Gasteiger partial charge in [-0.1, -0.05) is 71.0 Å². The van der Waals surface area contributed by atoms with E-state index >= 15 is 0 Å². The van der Waals surface area contributed by atoms with Crippen molar-refractivity contribution in [3.63, 3.8) is 0 Å². The summed E-state index contributed by atoms with van der Waals surface area (Å²) in [7, 11) is 0. The van der Waals surface area contributed by atoms with E-state index in [0.29, 0.717) is 17.7 Å². The maximum Gasteiger partial charge on any atom is 0.171 e. The molecule has 0 spiro atoms. The van der Waals surface area contributed by atoms with Crippen LogP contribution in [0.5, 0.6) is 0 Å².